The Balaban J connectivity index is 2.94. The number of carboxylic acid groups (broad SMARTS) is 1. The molecule has 1 heterocycles. The summed E-state index contributed by atoms with van der Waals surface area (Å²) in [4.78, 5) is 22.8. The summed E-state index contributed by atoms with van der Waals surface area (Å²) in [6.45, 7) is 5.25. The molecule has 0 spiro atoms. The second-order valence-electron chi connectivity index (χ2n) is 3.58. The van der Waals surface area contributed by atoms with Crippen molar-refractivity contribution < 1.29 is 19.4 Å². The number of rotatable bonds is 3. The number of esters is 1. The Kier molecular flexibility index (Phi) is 3.44. The zero-order valence-corrected chi connectivity index (χ0v) is 9.76. The van der Waals surface area contributed by atoms with Crippen molar-refractivity contribution in [3.05, 3.63) is 11.0 Å². The minimum atomic E-state index is -1.14. The van der Waals surface area contributed by atoms with Gasteiger partial charge in [-0.3, -0.25) is 9.59 Å². The molecule has 2 unspecified atom stereocenters. The van der Waals surface area contributed by atoms with Gasteiger partial charge in [0.1, 0.15) is 10.7 Å². The Morgan fingerprint density at radius 3 is 2.73 bits per heavy atom. The van der Waals surface area contributed by atoms with Crippen molar-refractivity contribution in [1.29, 1.82) is 0 Å². The average molecular weight is 230 g/mol. The first-order valence-electron chi connectivity index (χ1n) is 4.67. The van der Waals surface area contributed by atoms with E-state index in [2.05, 4.69) is 0 Å². The molecule has 1 aliphatic rings. The summed E-state index contributed by atoms with van der Waals surface area (Å²) < 4.78 is 4.86. The summed E-state index contributed by atoms with van der Waals surface area (Å²) in [6.07, 6.45) is 0. The average Bonchev–Trinajstić information content (AvgIpc) is 2.45. The van der Waals surface area contributed by atoms with Crippen molar-refractivity contribution >= 4 is 23.7 Å². The van der Waals surface area contributed by atoms with E-state index in [0.29, 0.717) is 5.57 Å². The van der Waals surface area contributed by atoms with Crippen molar-refractivity contribution in [1.82, 2.24) is 0 Å². The van der Waals surface area contributed by atoms with Crippen molar-refractivity contribution in [3.8, 4) is 0 Å². The molecule has 1 N–H and O–H groups in total. The summed E-state index contributed by atoms with van der Waals surface area (Å²) in [6, 6.07) is 0. The van der Waals surface area contributed by atoms with Gasteiger partial charge in [-0.15, -0.1) is 11.8 Å². The predicted octanol–water partition coefficient (Wildman–Crippen LogP) is 1.66. The molecule has 0 amide bonds. The van der Waals surface area contributed by atoms with Crippen LogP contribution in [0, 0.1) is 5.41 Å². The number of carbonyl (C=O) groups is 2. The first-order chi connectivity index (χ1) is 6.94. The van der Waals surface area contributed by atoms with Crippen LogP contribution in [0.1, 0.15) is 20.8 Å². The Hall–Kier alpha value is -0.970. The van der Waals surface area contributed by atoms with Crippen LogP contribution in [0.2, 0.25) is 0 Å². The van der Waals surface area contributed by atoms with Crippen LogP contribution >= 0.6 is 11.8 Å². The largest absolute Gasteiger partial charge is 0.481 e. The fraction of sp³-hybridized carbons (Fsp3) is 0.600. The lowest BCUT2D eigenvalue weighted by atomic mass is 9.80. The van der Waals surface area contributed by atoms with Crippen LogP contribution in [0.5, 0.6) is 0 Å². The Bertz CT molecular complexity index is 323. The minimum Gasteiger partial charge on any atom is -0.481 e. The molecule has 0 radical (unpaired) electrons. The zero-order chi connectivity index (χ0) is 11.6. The number of thioether (sulfide) groups is 1. The fourth-order valence-electron chi connectivity index (χ4n) is 1.43. The van der Waals surface area contributed by atoms with Gasteiger partial charge in [-0.2, -0.15) is 0 Å². The third-order valence-corrected chi connectivity index (χ3v) is 4.10. The molecular formula is C10H14O4S. The second kappa shape index (κ2) is 4.26. The van der Waals surface area contributed by atoms with Crippen LogP contribution in [-0.2, 0) is 14.3 Å². The smallest absolute Gasteiger partial charge is 0.320 e. The number of carboxylic acids is 1. The number of carbonyl (C=O) groups excluding carboxylic acids is 1. The molecule has 0 aromatic heterocycles. The highest BCUT2D eigenvalue weighted by Gasteiger charge is 2.51. The summed E-state index contributed by atoms with van der Waals surface area (Å²) >= 11 is 1.22. The maximum absolute atomic E-state index is 11.6. The van der Waals surface area contributed by atoms with Gasteiger partial charge in [-0.25, -0.2) is 0 Å². The lowest BCUT2D eigenvalue weighted by Gasteiger charge is -2.26. The van der Waals surface area contributed by atoms with E-state index in [1.165, 1.54) is 11.8 Å². The lowest BCUT2D eigenvalue weighted by Crippen LogP contribution is -2.41. The fourth-order valence-corrected chi connectivity index (χ4v) is 2.75. The van der Waals surface area contributed by atoms with Crippen molar-refractivity contribution in [3.63, 3.8) is 0 Å². The van der Waals surface area contributed by atoms with E-state index in [-0.39, 0.29) is 6.61 Å². The van der Waals surface area contributed by atoms with E-state index in [9.17, 15) is 9.59 Å². The topological polar surface area (TPSA) is 63.6 Å². The standard InChI is InChI=1S/C10H14O4S/c1-4-14-8(11)7-10(3,9(12)13)6(2)5-15-7/h5,7H,4H2,1-3H3,(H,12,13). The van der Waals surface area contributed by atoms with Gasteiger partial charge in [0.25, 0.3) is 0 Å². The molecule has 0 aromatic rings. The Labute approximate surface area is 92.7 Å². The van der Waals surface area contributed by atoms with E-state index in [1.54, 1.807) is 26.2 Å². The van der Waals surface area contributed by atoms with E-state index >= 15 is 0 Å². The molecule has 0 bridgehead atoms. The summed E-state index contributed by atoms with van der Waals surface area (Å²) in [5, 5.41) is 10.2. The van der Waals surface area contributed by atoms with Crippen LogP contribution in [0.3, 0.4) is 0 Å². The van der Waals surface area contributed by atoms with Gasteiger partial charge in [-0.1, -0.05) is 0 Å². The minimum absolute atomic E-state index is 0.268. The SMILES string of the molecule is CCOC(=O)C1SC=C(C)C1(C)C(=O)O. The zero-order valence-electron chi connectivity index (χ0n) is 8.94. The molecular weight excluding hydrogens is 216 g/mol. The first kappa shape index (κ1) is 12.1. The Morgan fingerprint density at radius 2 is 2.27 bits per heavy atom. The second-order valence-corrected chi connectivity index (χ2v) is 4.56. The third kappa shape index (κ3) is 1.88. The third-order valence-electron chi connectivity index (χ3n) is 2.67. The van der Waals surface area contributed by atoms with Crippen LogP contribution in [0.4, 0.5) is 0 Å². The number of hydrogen-bond acceptors (Lipinski definition) is 4. The highest BCUT2D eigenvalue weighted by Crippen LogP contribution is 2.46. The first-order valence-corrected chi connectivity index (χ1v) is 5.61. The quantitative estimate of drug-likeness (QED) is 0.747. The predicted molar refractivity (Wildman–Crippen MR) is 57.5 cm³/mol. The van der Waals surface area contributed by atoms with E-state index in [4.69, 9.17) is 9.84 Å². The maximum Gasteiger partial charge on any atom is 0.320 e. The number of ether oxygens (including phenoxy) is 1. The van der Waals surface area contributed by atoms with E-state index in [1.807, 2.05) is 0 Å². The van der Waals surface area contributed by atoms with Gasteiger partial charge in [0, 0.05) is 0 Å². The number of hydrogen-bond donors (Lipinski definition) is 1. The molecule has 0 aliphatic carbocycles. The molecule has 0 fully saturated rings. The summed E-state index contributed by atoms with van der Waals surface area (Å²) in [5.74, 6) is -1.44. The van der Waals surface area contributed by atoms with Gasteiger partial charge >= 0.3 is 11.9 Å². The van der Waals surface area contributed by atoms with Crippen LogP contribution < -0.4 is 0 Å². The van der Waals surface area contributed by atoms with Gasteiger partial charge in [0.15, 0.2) is 0 Å². The van der Waals surface area contributed by atoms with Gasteiger partial charge in [0.2, 0.25) is 0 Å². The summed E-state index contributed by atoms with van der Waals surface area (Å²) in [5.41, 5.74) is -0.449. The molecule has 84 valence electrons. The molecule has 0 saturated heterocycles. The highest BCUT2D eigenvalue weighted by molar-refractivity contribution is 8.03. The van der Waals surface area contributed by atoms with Gasteiger partial charge in [-0.05, 0) is 31.8 Å². The molecule has 1 aliphatic heterocycles. The molecule has 0 aromatic carbocycles. The molecule has 0 saturated carbocycles. The van der Waals surface area contributed by atoms with Crippen LogP contribution in [0.25, 0.3) is 0 Å². The molecule has 5 heteroatoms. The molecule has 15 heavy (non-hydrogen) atoms. The van der Waals surface area contributed by atoms with Crippen molar-refractivity contribution in [2.24, 2.45) is 5.41 Å². The van der Waals surface area contributed by atoms with Crippen LogP contribution in [0.15, 0.2) is 11.0 Å². The van der Waals surface area contributed by atoms with Crippen molar-refractivity contribution in [2.45, 2.75) is 26.0 Å². The van der Waals surface area contributed by atoms with Crippen molar-refractivity contribution in [2.75, 3.05) is 6.61 Å². The maximum atomic E-state index is 11.6. The van der Waals surface area contributed by atoms with Crippen LogP contribution in [-0.4, -0.2) is 28.9 Å². The molecule has 1 rings (SSSR count). The Morgan fingerprint density at radius 1 is 1.67 bits per heavy atom. The number of aliphatic carboxylic acids is 1. The lowest BCUT2D eigenvalue weighted by molar-refractivity contribution is -0.153. The molecule has 4 nitrogen and oxygen atoms in total. The monoisotopic (exact) mass is 230 g/mol. The van der Waals surface area contributed by atoms with Gasteiger partial charge in [0.05, 0.1) is 6.61 Å². The normalized spacial score (nSPS) is 29.8. The summed E-state index contributed by atoms with van der Waals surface area (Å²) in [7, 11) is 0. The van der Waals surface area contributed by atoms with Gasteiger partial charge < -0.3 is 9.84 Å². The highest BCUT2D eigenvalue weighted by atomic mass is 32.2. The van der Waals surface area contributed by atoms with E-state index in [0.717, 1.165) is 0 Å². The van der Waals surface area contributed by atoms with E-state index < -0.39 is 22.6 Å². The molecule has 2 atom stereocenters.